The van der Waals surface area contributed by atoms with E-state index >= 15 is 0 Å². The molecule has 4 rings (SSSR count). The van der Waals surface area contributed by atoms with E-state index in [0.717, 1.165) is 6.07 Å². The molecule has 0 aliphatic carbocycles. The van der Waals surface area contributed by atoms with Crippen LogP contribution in [0.15, 0.2) is 54.1 Å². The van der Waals surface area contributed by atoms with Crippen LogP contribution in [0.1, 0.15) is 27.3 Å². The van der Waals surface area contributed by atoms with E-state index in [1.165, 1.54) is 24.3 Å². The maximum absolute atomic E-state index is 14.4. The fourth-order valence-electron chi connectivity index (χ4n) is 3.87. The summed E-state index contributed by atoms with van der Waals surface area (Å²) in [5, 5.41) is 23.4. The number of nitro benzene ring substituents is 1. The highest BCUT2D eigenvalue weighted by atomic mass is 19.1. The third kappa shape index (κ3) is 3.15. The summed E-state index contributed by atoms with van der Waals surface area (Å²) in [7, 11) is 0. The van der Waals surface area contributed by atoms with Gasteiger partial charge in [-0.1, -0.05) is 12.1 Å². The molecule has 158 valence electrons. The third-order valence-electron chi connectivity index (χ3n) is 5.32. The molecule has 0 fully saturated rings. The van der Waals surface area contributed by atoms with Crippen LogP contribution >= 0.6 is 0 Å². The average Bonchev–Trinajstić information content (AvgIpc) is 3.24. The van der Waals surface area contributed by atoms with Crippen molar-refractivity contribution in [2.45, 2.75) is 13.8 Å². The molecular weight excluding hydrogens is 415 g/mol. The highest BCUT2D eigenvalue weighted by molar-refractivity contribution is 6.38. The average molecular weight is 430 g/mol. The van der Waals surface area contributed by atoms with Crippen LogP contribution in [0.5, 0.6) is 0 Å². The fourth-order valence-corrected chi connectivity index (χ4v) is 3.87. The van der Waals surface area contributed by atoms with Crippen molar-refractivity contribution in [2.24, 2.45) is 0 Å². The highest BCUT2D eigenvalue weighted by Crippen LogP contribution is 2.37. The van der Waals surface area contributed by atoms with Gasteiger partial charge in [0.15, 0.2) is 0 Å². The molecule has 1 aliphatic heterocycles. The Kier molecular flexibility index (Phi) is 4.91. The molecule has 2 aromatic carbocycles. The van der Waals surface area contributed by atoms with Crippen molar-refractivity contribution >= 4 is 28.6 Å². The predicted octanol–water partition coefficient (Wildman–Crippen LogP) is 4.25. The number of Topliss-reactive ketones (excluding diaryl/α,β-unsaturated/α-hetero) is 1. The number of nitriles is 1. The van der Waals surface area contributed by atoms with E-state index in [4.69, 9.17) is 0 Å². The van der Waals surface area contributed by atoms with Gasteiger partial charge < -0.3 is 9.88 Å². The number of carbonyl (C=O) groups is 2. The fraction of sp³-hybridized carbons (Fsp3) is 0.0870. The molecule has 32 heavy (non-hydrogen) atoms. The van der Waals surface area contributed by atoms with Crippen LogP contribution in [-0.4, -0.2) is 21.2 Å². The van der Waals surface area contributed by atoms with E-state index in [0.29, 0.717) is 11.4 Å². The van der Waals surface area contributed by atoms with Gasteiger partial charge in [-0.3, -0.25) is 19.7 Å². The molecule has 9 heteroatoms. The van der Waals surface area contributed by atoms with Crippen LogP contribution in [0.3, 0.4) is 0 Å². The number of amides is 1. The minimum atomic E-state index is -0.729. The Morgan fingerprint density at radius 3 is 2.56 bits per heavy atom. The Balaban J connectivity index is 1.89. The maximum Gasteiger partial charge on any atom is 0.270 e. The Morgan fingerprint density at radius 1 is 1.19 bits per heavy atom. The first-order chi connectivity index (χ1) is 15.2. The van der Waals surface area contributed by atoms with Crippen LogP contribution in [0.25, 0.3) is 11.3 Å². The number of allylic oxidation sites excluding steroid dienone is 1. The molecule has 0 spiro atoms. The number of nitro groups is 1. The molecule has 1 amide bonds. The number of fused-ring (bicyclic) bond motifs is 1. The number of carbonyl (C=O) groups excluding carboxylic acids is 2. The van der Waals surface area contributed by atoms with E-state index in [-0.39, 0.29) is 33.8 Å². The zero-order chi connectivity index (χ0) is 23.2. The number of nitrogens with zero attached hydrogens (tertiary/aromatic N) is 3. The van der Waals surface area contributed by atoms with Gasteiger partial charge in [0.05, 0.1) is 16.2 Å². The monoisotopic (exact) mass is 430 g/mol. The van der Waals surface area contributed by atoms with Gasteiger partial charge in [0.25, 0.3) is 11.6 Å². The number of hydrogen-bond donors (Lipinski definition) is 1. The molecule has 2 heterocycles. The summed E-state index contributed by atoms with van der Waals surface area (Å²) < 4.78 is 15.9. The summed E-state index contributed by atoms with van der Waals surface area (Å²) in [6, 6.07) is 13.1. The normalized spacial score (nSPS) is 13.9. The van der Waals surface area contributed by atoms with Crippen LogP contribution in [0, 0.1) is 41.1 Å². The van der Waals surface area contributed by atoms with Crippen molar-refractivity contribution in [3.63, 3.8) is 0 Å². The lowest BCUT2D eigenvalue weighted by molar-refractivity contribution is -0.384. The first-order valence-electron chi connectivity index (χ1n) is 9.47. The summed E-state index contributed by atoms with van der Waals surface area (Å²) in [5.74, 6) is -1.91. The molecule has 0 radical (unpaired) electrons. The number of aryl methyl sites for hydroxylation is 1. The van der Waals surface area contributed by atoms with E-state index < -0.39 is 28.0 Å². The third-order valence-corrected chi connectivity index (χ3v) is 5.32. The summed E-state index contributed by atoms with van der Waals surface area (Å²) in [6.45, 7) is 3.30. The van der Waals surface area contributed by atoms with Gasteiger partial charge in [0.2, 0.25) is 5.78 Å². The molecular formula is C23H15FN4O4. The number of hydrogen-bond acceptors (Lipinski definition) is 5. The van der Waals surface area contributed by atoms with E-state index in [1.54, 1.807) is 42.7 Å². The first kappa shape index (κ1) is 20.7. The lowest BCUT2D eigenvalue weighted by Crippen LogP contribution is -2.12. The largest absolute Gasteiger partial charge is 0.321 e. The molecule has 0 atom stereocenters. The first-order valence-corrected chi connectivity index (χ1v) is 9.47. The van der Waals surface area contributed by atoms with Crippen molar-refractivity contribution in [1.82, 2.24) is 4.57 Å². The molecule has 3 aromatic rings. The second-order valence-electron chi connectivity index (χ2n) is 7.20. The zero-order valence-corrected chi connectivity index (χ0v) is 17.0. The predicted molar refractivity (Wildman–Crippen MR) is 114 cm³/mol. The molecule has 0 bridgehead atoms. The van der Waals surface area contributed by atoms with Gasteiger partial charge in [-0.2, -0.15) is 5.26 Å². The minimum Gasteiger partial charge on any atom is -0.321 e. The smallest absolute Gasteiger partial charge is 0.270 e. The standard InChI is InChI=1S/C23H15FN4O4/c1-12-9-15(13(2)27(12)20-6-4-3-5-18(20)24)22(29)17(11-25)21-16-10-14(28(31)32)7-8-19(16)26-23(21)30/h3-10H,1-2H3,(H,26,30). The number of non-ortho nitro benzene ring substituents is 1. The highest BCUT2D eigenvalue weighted by Gasteiger charge is 2.33. The second kappa shape index (κ2) is 7.59. The summed E-state index contributed by atoms with van der Waals surface area (Å²) in [6.07, 6.45) is 0. The number of para-hydroxylation sites is 1. The van der Waals surface area contributed by atoms with Crippen LogP contribution in [0.4, 0.5) is 15.8 Å². The van der Waals surface area contributed by atoms with Gasteiger partial charge in [-0.25, -0.2) is 4.39 Å². The molecule has 0 saturated carbocycles. The zero-order valence-electron chi connectivity index (χ0n) is 17.0. The molecule has 8 nitrogen and oxygen atoms in total. The summed E-state index contributed by atoms with van der Waals surface area (Å²) in [5.41, 5.74) is 0.746. The van der Waals surface area contributed by atoms with Crippen molar-refractivity contribution < 1.29 is 18.9 Å². The van der Waals surface area contributed by atoms with Crippen molar-refractivity contribution in [3.05, 3.63) is 92.6 Å². The summed E-state index contributed by atoms with van der Waals surface area (Å²) in [4.78, 5) is 36.4. The number of halogens is 1. The number of aromatic nitrogens is 1. The number of nitrogens with one attached hydrogen (secondary N) is 1. The molecule has 1 aromatic heterocycles. The number of benzene rings is 2. The Bertz CT molecular complexity index is 1410. The SMILES string of the molecule is Cc1cc(C(=O)C(C#N)=C2C(=O)Nc3ccc([N+](=O)[O-])cc32)c(C)n1-c1ccccc1F. The van der Waals surface area contributed by atoms with Crippen LogP contribution in [-0.2, 0) is 4.79 Å². The molecule has 0 saturated heterocycles. The Hall–Kier alpha value is -4.58. The lowest BCUT2D eigenvalue weighted by Gasteiger charge is -2.11. The van der Waals surface area contributed by atoms with Gasteiger partial charge in [-0.05, 0) is 38.1 Å². The van der Waals surface area contributed by atoms with Gasteiger partial charge in [0, 0.05) is 40.3 Å². The van der Waals surface area contributed by atoms with Gasteiger partial charge >= 0.3 is 0 Å². The van der Waals surface area contributed by atoms with Crippen LogP contribution < -0.4 is 5.32 Å². The van der Waals surface area contributed by atoms with E-state index in [2.05, 4.69) is 5.32 Å². The number of ketones is 1. The molecule has 0 unspecified atom stereocenters. The van der Waals surface area contributed by atoms with E-state index in [9.17, 15) is 29.4 Å². The second-order valence-corrected chi connectivity index (χ2v) is 7.20. The molecule has 1 N–H and O–H groups in total. The minimum absolute atomic E-state index is 0.108. The lowest BCUT2D eigenvalue weighted by atomic mass is 9.95. The molecule has 1 aliphatic rings. The number of anilines is 1. The number of rotatable bonds is 4. The Morgan fingerprint density at radius 2 is 1.91 bits per heavy atom. The quantitative estimate of drug-likeness (QED) is 0.218. The Labute approximate surface area is 181 Å². The van der Waals surface area contributed by atoms with Crippen molar-refractivity contribution in [2.75, 3.05) is 5.32 Å². The topological polar surface area (TPSA) is 118 Å². The van der Waals surface area contributed by atoms with Crippen molar-refractivity contribution in [3.8, 4) is 11.8 Å². The van der Waals surface area contributed by atoms with Crippen molar-refractivity contribution in [1.29, 1.82) is 5.26 Å². The van der Waals surface area contributed by atoms with E-state index in [1.807, 2.05) is 0 Å². The maximum atomic E-state index is 14.4. The summed E-state index contributed by atoms with van der Waals surface area (Å²) >= 11 is 0. The van der Waals surface area contributed by atoms with Gasteiger partial charge in [0.1, 0.15) is 17.5 Å². The van der Waals surface area contributed by atoms with Crippen LogP contribution in [0.2, 0.25) is 0 Å². The van der Waals surface area contributed by atoms with Gasteiger partial charge in [-0.15, -0.1) is 0 Å².